The predicted octanol–water partition coefficient (Wildman–Crippen LogP) is 2.62. The molecule has 3 atom stereocenters. The summed E-state index contributed by atoms with van der Waals surface area (Å²) in [7, 11) is 0. The Hall–Kier alpha value is -3.19. The molecule has 35 heavy (non-hydrogen) atoms. The Labute approximate surface area is 208 Å². The fourth-order valence-electron chi connectivity index (χ4n) is 3.82. The van der Waals surface area contributed by atoms with Gasteiger partial charge in [-0.05, 0) is 29.4 Å². The van der Waals surface area contributed by atoms with E-state index < -0.39 is 24.0 Å². The van der Waals surface area contributed by atoms with Gasteiger partial charge < -0.3 is 21.1 Å². The molecule has 0 radical (unpaired) electrons. The highest BCUT2D eigenvalue weighted by Crippen LogP contribution is 2.09. The third-order valence-electron chi connectivity index (χ3n) is 5.67. The second kappa shape index (κ2) is 14.3. The van der Waals surface area contributed by atoms with Crippen LogP contribution in [0.4, 0.5) is 0 Å². The maximum atomic E-state index is 13.3. The molecule has 2 rings (SSSR count). The van der Waals surface area contributed by atoms with Gasteiger partial charge in [0.1, 0.15) is 12.1 Å². The average Bonchev–Trinajstić information content (AvgIpc) is 2.82. The minimum atomic E-state index is -0.812. The summed E-state index contributed by atoms with van der Waals surface area (Å²) < 4.78 is 0. The van der Waals surface area contributed by atoms with E-state index in [-0.39, 0.29) is 30.3 Å². The molecule has 0 unspecified atom stereocenters. The molecule has 0 aromatic heterocycles. The van der Waals surface area contributed by atoms with E-state index in [0.29, 0.717) is 19.3 Å². The first-order chi connectivity index (χ1) is 16.7. The number of carbonyl (C=O) groups excluding carboxylic acids is 3. The van der Waals surface area contributed by atoms with Crippen molar-refractivity contribution in [2.75, 3.05) is 6.61 Å². The van der Waals surface area contributed by atoms with Crippen molar-refractivity contribution in [1.29, 1.82) is 0 Å². The number of aliphatic hydroxyl groups is 1. The minimum absolute atomic E-state index is 0.157. The molecule has 7 nitrogen and oxygen atoms in total. The zero-order chi connectivity index (χ0) is 25.8. The largest absolute Gasteiger partial charge is 0.394 e. The highest BCUT2D eigenvalue weighted by atomic mass is 16.3. The lowest BCUT2D eigenvalue weighted by Crippen LogP contribution is -2.57. The Morgan fingerprint density at radius 2 is 1.29 bits per heavy atom. The number of amides is 3. The fraction of sp³-hybridized carbons (Fsp3) is 0.464. The van der Waals surface area contributed by atoms with Gasteiger partial charge in [0.25, 0.3) is 0 Å². The van der Waals surface area contributed by atoms with Crippen molar-refractivity contribution in [2.45, 2.75) is 65.1 Å². The summed E-state index contributed by atoms with van der Waals surface area (Å²) in [5, 5.41) is 18.4. The van der Waals surface area contributed by atoms with Crippen LogP contribution in [0, 0.1) is 11.8 Å². The van der Waals surface area contributed by atoms with Crippen molar-refractivity contribution in [3.63, 3.8) is 0 Å². The molecule has 3 amide bonds. The van der Waals surface area contributed by atoms with Crippen LogP contribution in [-0.2, 0) is 27.2 Å². The lowest BCUT2D eigenvalue weighted by atomic mass is 9.99. The maximum Gasteiger partial charge on any atom is 0.243 e. The van der Waals surface area contributed by atoms with Gasteiger partial charge in [-0.3, -0.25) is 14.4 Å². The lowest BCUT2D eigenvalue weighted by Gasteiger charge is -2.27. The Bertz CT molecular complexity index is 932. The summed E-state index contributed by atoms with van der Waals surface area (Å²) in [6, 6.07) is 16.9. The number of rotatable bonds is 13. The van der Waals surface area contributed by atoms with Gasteiger partial charge in [0.05, 0.1) is 12.6 Å². The van der Waals surface area contributed by atoms with E-state index in [9.17, 15) is 19.5 Å². The summed E-state index contributed by atoms with van der Waals surface area (Å²) >= 11 is 0. The van der Waals surface area contributed by atoms with Gasteiger partial charge in [0.15, 0.2) is 0 Å². The predicted molar refractivity (Wildman–Crippen MR) is 137 cm³/mol. The number of aliphatic hydroxyl groups excluding tert-OH is 1. The van der Waals surface area contributed by atoms with Gasteiger partial charge in [0.2, 0.25) is 17.7 Å². The van der Waals surface area contributed by atoms with Crippen LogP contribution in [-0.4, -0.2) is 47.6 Å². The monoisotopic (exact) mass is 481 g/mol. The van der Waals surface area contributed by atoms with Crippen molar-refractivity contribution in [3.8, 4) is 0 Å². The molecule has 0 aliphatic rings. The normalized spacial score (nSPS) is 13.7. The van der Waals surface area contributed by atoms with E-state index >= 15 is 0 Å². The SMILES string of the molecule is CC(C)CC(=O)N[C@@H](Cc1ccccc1)C(=O)N[C@H](C(=O)N[C@H](CO)Cc1ccccc1)C(C)C. The lowest BCUT2D eigenvalue weighted by molar-refractivity contribution is -0.133. The first kappa shape index (κ1) is 28.1. The van der Waals surface area contributed by atoms with Gasteiger partial charge in [-0.1, -0.05) is 88.4 Å². The van der Waals surface area contributed by atoms with E-state index in [1.165, 1.54) is 0 Å². The highest BCUT2D eigenvalue weighted by molar-refractivity contribution is 5.92. The molecule has 0 aliphatic carbocycles. The first-order valence-corrected chi connectivity index (χ1v) is 12.3. The molecule has 0 heterocycles. The molecular weight excluding hydrogens is 442 g/mol. The molecule has 0 spiro atoms. The van der Waals surface area contributed by atoms with Gasteiger partial charge in [-0.25, -0.2) is 0 Å². The van der Waals surface area contributed by atoms with Crippen LogP contribution in [0.15, 0.2) is 60.7 Å². The summed E-state index contributed by atoms with van der Waals surface area (Å²) in [4.78, 5) is 38.9. The minimum Gasteiger partial charge on any atom is -0.394 e. The summed E-state index contributed by atoms with van der Waals surface area (Å²) in [5.74, 6) is -1.02. The molecule has 4 N–H and O–H groups in total. The Morgan fingerprint density at radius 1 is 0.743 bits per heavy atom. The van der Waals surface area contributed by atoms with Crippen LogP contribution in [0.5, 0.6) is 0 Å². The summed E-state index contributed by atoms with van der Waals surface area (Å²) in [6.07, 6.45) is 1.10. The number of carbonyl (C=O) groups is 3. The Balaban J connectivity index is 2.11. The van der Waals surface area contributed by atoms with Crippen LogP contribution < -0.4 is 16.0 Å². The van der Waals surface area contributed by atoms with E-state index in [4.69, 9.17) is 0 Å². The van der Waals surface area contributed by atoms with Crippen LogP contribution >= 0.6 is 0 Å². The maximum absolute atomic E-state index is 13.3. The summed E-state index contributed by atoms with van der Waals surface area (Å²) in [5.41, 5.74) is 1.90. The Kier molecular flexibility index (Phi) is 11.4. The van der Waals surface area contributed by atoms with Crippen molar-refractivity contribution in [2.24, 2.45) is 11.8 Å². The van der Waals surface area contributed by atoms with Gasteiger partial charge in [-0.2, -0.15) is 0 Å². The van der Waals surface area contributed by atoms with Crippen LogP contribution in [0.3, 0.4) is 0 Å². The molecule has 190 valence electrons. The van der Waals surface area contributed by atoms with Crippen LogP contribution in [0.25, 0.3) is 0 Å². The van der Waals surface area contributed by atoms with E-state index in [2.05, 4.69) is 16.0 Å². The standard InChI is InChI=1S/C28H39N3O4/c1-19(2)15-25(33)30-24(17-22-13-9-6-10-14-22)27(34)31-26(20(3)4)28(35)29-23(18-32)16-21-11-7-5-8-12-21/h5-14,19-20,23-24,26,32H,15-18H2,1-4H3,(H,29,35)(H,30,33)(H,31,34)/t23-,24-,26-/m0/s1. The second-order valence-electron chi connectivity index (χ2n) is 9.72. The van der Waals surface area contributed by atoms with Crippen LogP contribution in [0.2, 0.25) is 0 Å². The third-order valence-corrected chi connectivity index (χ3v) is 5.67. The van der Waals surface area contributed by atoms with Crippen molar-refractivity contribution < 1.29 is 19.5 Å². The number of benzene rings is 2. The first-order valence-electron chi connectivity index (χ1n) is 12.3. The quantitative estimate of drug-likeness (QED) is 0.353. The van der Waals surface area contributed by atoms with Gasteiger partial charge in [-0.15, -0.1) is 0 Å². The smallest absolute Gasteiger partial charge is 0.243 e. The molecule has 0 saturated heterocycles. The number of nitrogens with one attached hydrogen (secondary N) is 3. The Morgan fingerprint density at radius 3 is 1.77 bits per heavy atom. The second-order valence-corrected chi connectivity index (χ2v) is 9.72. The molecule has 2 aromatic carbocycles. The number of hydrogen-bond donors (Lipinski definition) is 4. The van der Waals surface area contributed by atoms with Crippen LogP contribution in [0.1, 0.15) is 45.2 Å². The highest BCUT2D eigenvalue weighted by Gasteiger charge is 2.30. The van der Waals surface area contributed by atoms with E-state index in [1.807, 2.05) is 88.4 Å². The average molecular weight is 482 g/mol. The summed E-state index contributed by atoms with van der Waals surface area (Å²) in [6.45, 7) is 7.36. The molecule has 7 heteroatoms. The fourth-order valence-corrected chi connectivity index (χ4v) is 3.82. The number of hydrogen-bond acceptors (Lipinski definition) is 4. The molecule has 0 aliphatic heterocycles. The van der Waals surface area contributed by atoms with Crippen molar-refractivity contribution >= 4 is 17.7 Å². The van der Waals surface area contributed by atoms with Crippen molar-refractivity contribution in [3.05, 3.63) is 71.8 Å². The molecule has 0 fully saturated rings. The zero-order valence-corrected chi connectivity index (χ0v) is 21.2. The molecular formula is C28H39N3O4. The third kappa shape index (κ3) is 9.91. The van der Waals surface area contributed by atoms with Gasteiger partial charge in [0, 0.05) is 12.8 Å². The molecule has 2 aromatic rings. The van der Waals surface area contributed by atoms with E-state index in [1.54, 1.807) is 0 Å². The van der Waals surface area contributed by atoms with Gasteiger partial charge >= 0.3 is 0 Å². The topological polar surface area (TPSA) is 108 Å². The van der Waals surface area contributed by atoms with E-state index in [0.717, 1.165) is 11.1 Å². The zero-order valence-electron chi connectivity index (χ0n) is 21.2. The molecule has 0 bridgehead atoms. The molecule has 0 saturated carbocycles. The van der Waals surface area contributed by atoms with Crippen molar-refractivity contribution in [1.82, 2.24) is 16.0 Å².